The number of imidazole rings is 1. The molecule has 13 heteroatoms. The SMILES string of the molecule is CN1c2ncn(CC(F)(F)F)c2C(=O)N(C[C@H]2CC[C@@](O)(C(F)(F)F)CC2)C1O. The fourth-order valence-electron chi connectivity index (χ4n) is 3.80. The monoisotopic (exact) mass is 430 g/mol. The number of aliphatic hydroxyl groups is 2. The zero-order chi connectivity index (χ0) is 21.8. The lowest BCUT2D eigenvalue weighted by atomic mass is 9.78. The van der Waals surface area contributed by atoms with Gasteiger partial charge in [0.2, 0.25) is 6.35 Å². The van der Waals surface area contributed by atoms with Crippen LogP contribution in [-0.2, 0) is 6.54 Å². The molecule has 7 nitrogen and oxygen atoms in total. The molecule has 0 saturated heterocycles. The Hall–Kier alpha value is -2.02. The molecule has 1 atom stereocenters. The summed E-state index contributed by atoms with van der Waals surface area (Å²) in [6.07, 6.45) is -11.2. The summed E-state index contributed by atoms with van der Waals surface area (Å²) in [7, 11) is 1.34. The quantitative estimate of drug-likeness (QED) is 0.718. The van der Waals surface area contributed by atoms with Crippen molar-refractivity contribution in [2.24, 2.45) is 5.92 Å². The molecule has 2 N–H and O–H groups in total. The van der Waals surface area contributed by atoms with Crippen LogP contribution in [0.2, 0.25) is 0 Å². The van der Waals surface area contributed by atoms with Crippen LogP contribution in [0.25, 0.3) is 0 Å². The van der Waals surface area contributed by atoms with Crippen LogP contribution in [0.4, 0.5) is 32.2 Å². The lowest BCUT2D eigenvalue weighted by Crippen LogP contribution is -2.56. The zero-order valence-corrected chi connectivity index (χ0v) is 15.3. The first-order valence-electron chi connectivity index (χ1n) is 8.86. The van der Waals surface area contributed by atoms with Gasteiger partial charge < -0.3 is 19.7 Å². The molecule has 0 aromatic carbocycles. The van der Waals surface area contributed by atoms with E-state index in [-0.39, 0.29) is 30.9 Å². The number of amides is 1. The van der Waals surface area contributed by atoms with Gasteiger partial charge in [-0.05, 0) is 31.6 Å². The fraction of sp³-hybridized carbons (Fsp3) is 0.750. The molecule has 1 aromatic heterocycles. The number of carbonyl (C=O) groups excluding carboxylic acids is 1. The topological polar surface area (TPSA) is 81.8 Å². The Balaban J connectivity index is 1.77. The molecule has 164 valence electrons. The van der Waals surface area contributed by atoms with Gasteiger partial charge >= 0.3 is 12.4 Å². The predicted molar refractivity (Wildman–Crippen MR) is 86.7 cm³/mol. The van der Waals surface area contributed by atoms with E-state index >= 15 is 0 Å². The van der Waals surface area contributed by atoms with Crippen LogP contribution >= 0.6 is 0 Å². The van der Waals surface area contributed by atoms with Gasteiger partial charge in [-0.2, -0.15) is 26.3 Å². The number of hydrogen-bond donors (Lipinski definition) is 2. The Labute approximate surface area is 161 Å². The average Bonchev–Trinajstić information content (AvgIpc) is 2.99. The number of hydrogen-bond acceptors (Lipinski definition) is 5. The number of carbonyl (C=O) groups is 1. The van der Waals surface area contributed by atoms with Gasteiger partial charge in [0.1, 0.15) is 6.54 Å². The number of aliphatic hydroxyl groups excluding tert-OH is 1. The van der Waals surface area contributed by atoms with E-state index in [1.165, 1.54) is 7.05 Å². The molecule has 1 aromatic rings. The number of fused-ring (bicyclic) bond motifs is 1. The van der Waals surface area contributed by atoms with Gasteiger partial charge in [0.25, 0.3) is 5.91 Å². The summed E-state index contributed by atoms with van der Waals surface area (Å²) in [5.74, 6) is -1.45. The van der Waals surface area contributed by atoms with Crippen LogP contribution in [0.5, 0.6) is 0 Å². The summed E-state index contributed by atoms with van der Waals surface area (Å²) in [6, 6.07) is 0. The van der Waals surface area contributed by atoms with Crippen molar-refractivity contribution in [3.05, 3.63) is 12.0 Å². The highest BCUT2D eigenvalue weighted by Gasteiger charge is 2.55. The van der Waals surface area contributed by atoms with Gasteiger partial charge in [-0.25, -0.2) is 4.98 Å². The number of rotatable bonds is 3. The van der Waals surface area contributed by atoms with Crippen molar-refractivity contribution < 1.29 is 41.4 Å². The summed E-state index contributed by atoms with van der Waals surface area (Å²) in [5.41, 5.74) is -3.14. The van der Waals surface area contributed by atoms with E-state index in [4.69, 9.17) is 0 Å². The molecule has 1 amide bonds. The highest BCUT2D eigenvalue weighted by molar-refractivity contribution is 5.99. The molecule has 0 spiro atoms. The molecule has 29 heavy (non-hydrogen) atoms. The maximum Gasteiger partial charge on any atom is 0.417 e. The Morgan fingerprint density at radius 2 is 1.79 bits per heavy atom. The molecule has 1 aliphatic carbocycles. The smallest absolute Gasteiger partial charge is 0.380 e. The van der Waals surface area contributed by atoms with E-state index < -0.39 is 55.5 Å². The van der Waals surface area contributed by atoms with Crippen LogP contribution in [-0.4, -0.2) is 68.5 Å². The number of anilines is 1. The van der Waals surface area contributed by atoms with Crippen LogP contribution in [0.1, 0.15) is 36.2 Å². The lowest BCUT2D eigenvalue weighted by molar-refractivity contribution is -0.272. The first-order chi connectivity index (χ1) is 13.2. The van der Waals surface area contributed by atoms with Gasteiger partial charge in [0, 0.05) is 13.6 Å². The first-order valence-corrected chi connectivity index (χ1v) is 8.86. The van der Waals surface area contributed by atoms with Crippen LogP contribution < -0.4 is 4.90 Å². The molecule has 0 bridgehead atoms. The Morgan fingerprint density at radius 3 is 2.31 bits per heavy atom. The summed E-state index contributed by atoms with van der Waals surface area (Å²) in [6.45, 7) is -1.60. The minimum Gasteiger partial charge on any atom is -0.380 e. The van der Waals surface area contributed by atoms with Crippen molar-refractivity contribution in [1.82, 2.24) is 14.5 Å². The van der Waals surface area contributed by atoms with Crippen molar-refractivity contribution in [1.29, 1.82) is 0 Å². The first kappa shape index (κ1) is 21.7. The number of nitrogens with zero attached hydrogens (tertiary/aromatic N) is 4. The van der Waals surface area contributed by atoms with Gasteiger partial charge in [0.15, 0.2) is 17.1 Å². The second kappa shape index (κ2) is 7.04. The van der Waals surface area contributed by atoms with E-state index in [0.717, 1.165) is 16.1 Å². The lowest BCUT2D eigenvalue weighted by Gasteiger charge is -2.42. The normalized spacial score (nSPS) is 28.7. The summed E-state index contributed by atoms with van der Waals surface area (Å²) in [5, 5.41) is 20.1. The Bertz CT molecular complexity index is 770. The van der Waals surface area contributed by atoms with Crippen molar-refractivity contribution >= 4 is 11.7 Å². The summed E-state index contributed by atoms with van der Waals surface area (Å²) >= 11 is 0. The largest absolute Gasteiger partial charge is 0.417 e. The molecule has 3 rings (SSSR count). The second-order valence-corrected chi connectivity index (χ2v) is 7.55. The molecular formula is C16H20F6N4O3. The third kappa shape index (κ3) is 4.02. The molecule has 1 aliphatic heterocycles. The number of aromatic nitrogens is 2. The number of halogens is 6. The maximum absolute atomic E-state index is 12.9. The fourth-order valence-corrected chi connectivity index (χ4v) is 3.80. The molecule has 1 saturated carbocycles. The highest BCUT2D eigenvalue weighted by Crippen LogP contribution is 2.43. The zero-order valence-electron chi connectivity index (χ0n) is 15.3. The average molecular weight is 430 g/mol. The highest BCUT2D eigenvalue weighted by atomic mass is 19.4. The van der Waals surface area contributed by atoms with Gasteiger partial charge in [0.05, 0.1) is 6.33 Å². The van der Waals surface area contributed by atoms with Crippen molar-refractivity contribution in [2.75, 3.05) is 18.5 Å². The minimum absolute atomic E-state index is 0.0507. The molecular weight excluding hydrogens is 410 g/mol. The molecule has 1 fully saturated rings. The number of alkyl halides is 6. The Morgan fingerprint density at radius 1 is 1.21 bits per heavy atom. The Kier molecular flexibility index (Phi) is 5.27. The molecule has 0 radical (unpaired) electrons. The second-order valence-electron chi connectivity index (χ2n) is 7.55. The van der Waals surface area contributed by atoms with Crippen LogP contribution in [0, 0.1) is 5.92 Å². The minimum atomic E-state index is -4.77. The van der Waals surface area contributed by atoms with E-state index in [2.05, 4.69) is 4.98 Å². The van der Waals surface area contributed by atoms with Crippen molar-refractivity contribution in [3.63, 3.8) is 0 Å². The summed E-state index contributed by atoms with van der Waals surface area (Å²) < 4.78 is 77.8. The van der Waals surface area contributed by atoms with Crippen LogP contribution in [0.15, 0.2) is 6.33 Å². The van der Waals surface area contributed by atoms with E-state index in [1.54, 1.807) is 0 Å². The van der Waals surface area contributed by atoms with Crippen molar-refractivity contribution in [3.8, 4) is 0 Å². The third-order valence-corrected chi connectivity index (χ3v) is 5.51. The molecule has 1 unspecified atom stereocenters. The van der Waals surface area contributed by atoms with Crippen molar-refractivity contribution in [2.45, 2.75) is 56.5 Å². The predicted octanol–water partition coefficient (Wildman–Crippen LogP) is 2.10. The van der Waals surface area contributed by atoms with E-state index in [1.807, 2.05) is 0 Å². The van der Waals surface area contributed by atoms with Gasteiger partial charge in [-0.1, -0.05) is 0 Å². The standard InChI is InChI=1S/C16H20F6N4O3/c1-24-11-10(25(8-23-11)7-15(17,18)19)12(27)26(13(24)28)6-9-2-4-14(29,5-3-9)16(20,21)22/h8-9,13,28-29H,2-7H2,1H3/t9-,13?,14-. The summed E-state index contributed by atoms with van der Waals surface area (Å²) in [4.78, 5) is 18.6. The third-order valence-electron chi connectivity index (χ3n) is 5.51. The van der Waals surface area contributed by atoms with Crippen LogP contribution in [0.3, 0.4) is 0 Å². The van der Waals surface area contributed by atoms with Gasteiger partial charge in [-0.3, -0.25) is 9.69 Å². The van der Waals surface area contributed by atoms with E-state index in [0.29, 0.717) is 4.57 Å². The maximum atomic E-state index is 12.9. The van der Waals surface area contributed by atoms with Gasteiger partial charge in [-0.15, -0.1) is 0 Å². The van der Waals surface area contributed by atoms with E-state index in [9.17, 15) is 41.4 Å². The molecule has 2 heterocycles. The molecule has 2 aliphatic rings.